The summed E-state index contributed by atoms with van der Waals surface area (Å²) in [5.41, 5.74) is 3.51. The number of carbonyl (C=O) groups is 2. The molecule has 1 N–H and O–H groups in total. The standard InChI is InChI=1S/C21H23NO4/c1-14-3-6-19(11-15(14)2)26-18-7-4-16(5-8-18)9-10-22-13-17(21(24)25)12-20(22)23/h3-8,11,17H,9-10,12-13H2,1-2H3,(H,24,25). The minimum atomic E-state index is -0.895. The average molecular weight is 353 g/mol. The SMILES string of the molecule is Cc1ccc(Oc2ccc(CCN3CC(C(=O)O)CC3=O)cc2)cc1C. The molecule has 0 aromatic heterocycles. The van der Waals surface area contributed by atoms with Crippen LogP contribution in [-0.4, -0.2) is 35.0 Å². The maximum Gasteiger partial charge on any atom is 0.308 e. The van der Waals surface area contributed by atoms with E-state index in [1.165, 1.54) is 11.1 Å². The van der Waals surface area contributed by atoms with Crippen molar-refractivity contribution in [1.82, 2.24) is 4.90 Å². The molecule has 1 fully saturated rings. The molecule has 1 amide bonds. The fraction of sp³-hybridized carbons (Fsp3) is 0.333. The van der Waals surface area contributed by atoms with Crippen LogP contribution in [-0.2, 0) is 16.0 Å². The van der Waals surface area contributed by atoms with Gasteiger partial charge in [-0.1, -0.05) is 18.2 Å². The van der Waals surface area contributed by atoms with E-state index in [0.29, 0.717) is 19.5 Å². The highest BCUT2D eigenvalue weighted by Crippen LogP contribution is 2.24. The largest absolute Gasteiger partial charge is 0.481 e. The van der Waals surface area contributed by atoms with Gasteiger partial charge in [-0.05, 0) is 61.2 Å². The molecule has 0 spiro atoms. The molecule has 1 saturated heterocycles. The molecule has 1 heterocycles. The van der Waals surface area contributed by atoms with Crippen molar-refractivity contribution in [2.24, 2.45) is 5.92 Å². The number of rotatable bonds is 6. The van der Waals surface area contributed by atoms with Gasteiger partial charge in [0, 0.05) is 19.5 Å². The molecule has 1 aliphatic heterocycles. The van der Waals surface area contributed by atoms with Crippen LogP contribution in [0.15, 0.2) is 42.5 Å². The highest BCUT2D eigenvalue weighted by molar-refractivity contribution is 5.86. The number of aryl methyl sites for hydroxylation is 2. The van der Waals surface area contributed by atoms with Gasteiger partial charge in [0.15, 0.2) is 0 Å². The van der Waals surface area contributed by atoms with Crippen LogP contribution in [0.1, 0.15) is 23.1 Å². The summed E-state index contributed by atoms with van der Waals surface area (Å²) in [6, 6.07) is 13.8. The Hall–Kier alpha value is -2.82. The first-order valence-electron chi connectivity index (χ1n) is 8.77. The zero-order valence-corrected chi connectivity index (χ0v) is 15.1. The second kappa shape index (κ2) is 7.60. The Morgan fingerprint density at radius 1 is 1.12 bits per heavy atom. The van der Waals surface area contributed by atoms with E-state index in [-0.39, 0.29) is 12.3 Å². The fourth-order valence-corrected chi connectivity index (χ4v) is 3.06. The Kier molecular flexibility index (Phi) is 5.26. The van der Waals surface area contributed by atoms with Crippen molar-refractivity contribution in [3.63, 3.8) is 0 Å². The molecule has 2 aromatic rings. The van der Waals surface area contributed by atoms with Gasteiger partial charge in [-0.15, -0.1) is 0 Å². The molecule has 0 saturated carbocycles. The van der Waals surface area contributed by atoms with Crippen molar-refractivity contribution in [2.45, 2.75) is 26.7 Å². The number of hydrogen-bond acceptors (Lipinski definition) is 3. The van der Waals surface area contributed by atoms with Crippen molar-refractivity contribution in [2.75, 3.05) is 13.1 Å². The lowest BCUT2D eigenvalue weighted by Gasteiger charge is -2.16. The predicted molar refractivity (Wildman–Crippen MR) is 98.5 cm³/mol. The van der Waals surface area contributed by atoms with Gasteiger partial charge in [0.25, 0.3) is 0 Å². The lowest BCUT2D eigenvalue weighted by molar-refractivity contribution is -0.141. The third kappa shape index (κ3) is 4.23. The number of hydrogen-bond donors (Lipinski definition) is 1. The first-order valence-corrected chi connectivity index (χ1v) is 8.77. The summed E-state index contributed by atoms with van der Waals surface area (Å²) in [7, 11) is 0. The molecular weight excluding hydrogens is 330 g/mol. The van der Waals surface area contributed by atoms with E-state index in [9.17, 15) is 9.59 Å². The molecule has 0 aliphatic carbocycles. The van der Waals surface area contributed by atoms with Crippen molar-refractivity contribution in [3.05, 3.63) is 59.2 Å². The Morgan fingerprint density at radius 3 is 2.42 bits per heavy atom. The van der Waals surface area contributed by atoms with Crippen molar-refractivity contribution in [3.8, 4) is 11.5 Å². The number of likely N-dealkylation sites (tertiary alicyclic amines) is 1. The first kappa shape index (κ1) is 18.0. The number of carboxylic acid groups (broad SMARTS) is 1. The monoisotopic (exact) mass is 353 g/mol. The van der Waals surface area contributed by atoms with Crippen LogP contribution in [0.5, 0.6) is 11.5 Å². The van der Waals surface area contributed by atoms with Crippen LogP contribution >= 0.6 is 0 Å². The summed E-state index contributed by atoms with van der Waals surface area (Å²) in [6.45, 7) is 4.97. The number of benzene rings is 2. The molecule has 5 nitrogen and oxygen atoms in total. The normalized spacial score (nSPS) is 16.8. The number of aliphatic carboxylic acids is 1. The van der Waals surface area contributed by atoms with E-state index >= 15 is 0 Å². The number of amides is 1. The molecule has 0 radical (unpaired) electrons. The molecular formula is C21H23NO4. The molecule has 5 heteroatoms. The Bertz CT molecular complexity index is 813. The van der Waals surface area contributed by atoms with E-state index in [1.807, 2.05) is 42.5 Å². The maximum atomic E-state index is 11.9. The molecule has 1 aliphatic rings. The van der Waals surface area contributed by atoms with E-state index < -0.39 is 11.9 Å². The van der Waals surface area contributed by atoms with Gasteiger partial charge in [-0.3, -0.25) is 9.59 Å². The summed E-state index contributed by atoms with van der Waals surface area (Å²) >= 11 is 0. The quantitative estimate of drug-likeness (QED) is 0.862. The predicted octanol–water partition coefficient (Wildman–Crippen LogP) is 3.57. The maximum absolute atomic E-state index is 11.9. The molecule has 0 bridgehead atoms. The van der Waals surface area contributed by atoms with Gasteiger partial charge in [0.1, 0.15) is 11.5 Å². The van der Waals surface area contributed by atoms with Crippen molar-refractivity contribution < 1.29 is 19.4 Å². The Balaban J connectivity index is 1.55. The molecule has 136 valence electrons. The van der Waals surface area contributed by atoms with Crippen molar-refractivity contribution in [1.29, 1.82) is 0 Å². The van der Waals surface area contributed by atoms with Crippen molar-refractivity contribution >= 4 is 11.9 Å². The van der Waals surface area contributed by atoms with Crippen LogP contribution in [0.3, 0.4) is 0 Å². The highest BCUT2D eigenvalue weighted by atomic mass is 16.5. The average Bonchev–Trinajstić information content (AvgIpc) is 2.99. The van der Waals surface area contributed by atoms with E-state index in [2.05, 4.69) is 13.8 Å². The number of carboxylic acids is 1. The van der Waals surface area contributed by atoms with Crippen LogP contribution in [0.4, 0.5) is 0 Å². The van der Waals surface area contributed by atoms with E-state index in [4.69, 9.17) is 9.84 Å². The summed E-state index contributed by atoms with van der Waals surface area (Å²) in [5.74, 6) is 0.0282. The van der Waals surface area contributed by atoms with Gasteiger partial charge < -0.3 is 14.7 Å². The smallest absolute Gasteiger partial charge is 0.308 e. The summed E-state index contributed by atoms with van der Waals surface area (Å²) in [4.78, 5) is 24.5. The molecule has 1 unspecified atom stereocenters. The van der Waals surface area contributed by atoms with Gasteiger partial charge in [0.05, 0.1) is 5.92 Å². The van der Waals surface area contributed by atoms with Crippen LogP contribution < -0.4 is 4.74 Å². The summed E-state index contributed by atoms with van der Waals surface area (Å²) in [6.07, 6.45) is 0.806. The molecule has 26 heavy (non-hydrogen) atoms. The lowest BCUT2D eigenvalue weighted by atomic mass is 10.1. The third-order valence-electron chi connectivity index (χ3n) is 4.87. The molecule has 1 atom stereocenters. The van der Waals surface area contributed by atoms with Crippen LogP contribution in [0.25, 0.3) is 0 Å². The summed E-state index contributed by atoms with van der Waals surface area (Å²) in [5, 5.41) is 9.03. The third-order valence-corrected chi connectivity index (χ3v) is 4.87. The van der Waals surface area contributed by atoms with Crippen LogP contribution in [0, 0.1) is 19.8 Å². The minimum Gasteiger partial charge on any atom is -0.481 e. The number of carbonyl (C=O) groups excluding carboxylic acids is 1. The van der Waals surface area contributed by atoms with Gasteiger partial charge in [-0.2, -0.15) is 0 Å². The number of ether oxygens (including phenoxy) is 1. The lowest BCUT2D eigenvalue weighted by Crippen LogP contribution is -2.28. The Labute approximate surface area is 153 Å². The zero-order valence-electron chi connectivity index (χ0n) is 15.1. The second-order valence-corrected chi connectivity index (χ2v) is 6.82. The minimum absolute atomic E-state index is 0.0768. The van der Waals surface area contributed by atoms with E-state index in [0.717, 1.165) is 17.1 Å². The van der Waals surface area contributed by atoms with Gasteiger partial charge in [-0.25, -0.2) is 0 Å². The zero-order chi connectivity index (χ0) is 18.7. The van der Waals surface area contributed by atoms with E-state index in [1.54, 1.807) is 4.90 Å². The second-order valence-electron chi connectivity index (χ2n) is 6.82. The van der Waals surface area contributed by atoms with Gasteiger partial charge >= 0.3 is 5.97 Å². The first-order chi connectivity index (χ1) is 12.4. The number of nitrogens with zero attached hydrogens (tertiary/aromatic N) is 1. The topological polar surface area (TPSA) is 66.8 Å². The summed E-state index contributed by atoms with van der Waals surface area (Å²) < 4.78 is 5.87. The Morgan fingerprint density at radius 2 is 1.81 bits per heavy atom. The molecule has 3 rings (SSSR count). The van der Waals surface area contributed by atoms with Crippen LogP contribution in [0.2, 0.25) is 0 Å². The fourth-order valence-electron chi connectivity index (χ4n) is 3.06. The molecule has 2 aromatic carbocycles. The van der Waals surface area contributed by atoms with Gasteiger partial charge in [0.2, 0.25) is 5.91 Å². The highest BCUT2D eigenvalue weighted by Gasteiger charge is 2.33.